The van der Waals surface area contributed by atoms with Gasteiger partial charge in [0.25, 0.3) is 0 Å². The van der Waals surface area contributed by atoms with Gasteiger partial charge in [-0.25, -0.2) is 0 Å². The molecule has 0 radical (unpaired) electrons. The molecule has 102 valence electrons. The van der Waals surface area contributed by atoms with E-state index < -0.39 is 0 Å². The molecule has 0 spiro atoms. The number of hydrogen-bond donors (Lipinski definition) is 1. The zero-order valence-electron chi connectivity index (χ0n) is 11.7. The van der Waals surface area contributed by atoms with Crippen LogP contribution in [0.2, 0.25) is 0 Å². The fourth-order valence-corrected chi connectivity index (χ4v) is 3.80. The number of thiophene rings is 1. The normalized spacial score (nSPS) is 12.6. The van der Waals surface area contributed by atoms with Gasteiger partial charge in [0.15, 0.2) is 0 Å². The summed E-state index contributed by atoms with van der Waals surface area (Å²) in [6.07, 6.45) is 1.14. The highest BCUT2D eigenvalue weighted by Crippen LogP contribution is 2.33. The van der Waals surface area contributed by atoms with Crippen molar-refractivity contribution < 1.29 is 0 Å². The summed E-state index contributed by atoms with van der Waals surface area (Å²) >= 11 is 5.42. The van der Waals surface area contributed by atoms with E-state index in [9.17, 15) is 0 Å². The lowest BCUT2D eigenvalue weighted by molar-refractivity contribution is 0.596. The Hall–Kier alpha value is -0.640. The van der Waals surface area contributed by atoms with E-state index in [1.807, 2.05) is 0 Å². The molecule has 0 aliphatic rings. The monoisotopic (exact) mass is 337 g/mol. The van der Waals surface area contributed by atoms with Crippen LogP contribution in [-0.4, -0.2) is 6.54 Å². The van der Waals surface area contributed by atoms with Crippen molar-refractivity contribution in [3.8, 4) is 0 Å². The fourth-order valence-electron chi connectivity index (χ4n) is 2.24. The van der Waals surface area contributed by atoms with Crippen LogP contribution >= 0.6 is 27.3 Å². The standard InChI is InChI=1S/C16H20BrNS/c1-4-7-18-16(14-9-19-10-15(14)17)13-8-11(2)5-6-12(13)3/h5-6,8-10,16,18H,4,7H2,1-3H3. The lowest BCUT2D eigenvalue weighted by atomic mass is 9.95. The van der Waals surface area contributed by atoms with Crippen LogP contribution in [0.4, 0.5) is 0 Å². The second-order valence-electron chi connectivity index (χ2n) is 4.92. The van der Waals surface area contributed by atoms with Crippen LogP contribution in [-0.2, 0) is 0 Å². The summed E-state index contributed by atoms with van der Waals surface area (Å²) in [5, 5.41) is 8.06. The van der Waals surface area contributed by atoms with E-state index in [1.165, 1.54) is 26.7 Å². The lowest BCUT2D eigenvalue weighted by Gasteiger charge is -2.21. The second kappa shape index (κ2) is 6.69. The van der Waals surface area contributed by atoms with Crippen molar-refractivity contribution in [1.29, 1.82) is 0 Å². The van der Waals surface area contributed by atoms with Gasteiger partial charge in [0.05, 0.1) is 6.04 Å². The van der Waals surface area contributed by atoms with Gasteiger partial charge < -0.3 is 5.32 Å². The molecule has 0 fully saturated rings. The van der Waals surface area contributed by atoms with E-state index in [-0.39, 0.29) is 6.04 Å². The molecule has 1 heterocycles. The van der Waals surface area contributed by atoms with Gasteiger partial charge >= 0.3 is 0 Å². The highest BCUT2D eigenvalue weighted by molar-refractivity contribution is 9.10. The molecule has 0 aliphatic carbocycles. The molecule has 0 amide bonds. The summed E-state index contributed by atoms with van der Waals surface area (Å²) in [6, 6.07) is 6.97. The minimum absolute atomic E-state index is 0.278. The molecule has 1 aromatic carbocycles. The summed E-state index contributed by atoms with van der Waals surface area (Å²) in [6.45, 7) is 7.58. The van der Waals surface area contributed by atoms with E-state index in [2.05, 4.69) is 71.0 Å². The van der Waals surface area contributed by atoms with Crippen molar-refractivity contribution in [3.05, 3.63) is 55.7 Å². The molecule has 0 bridgehead atoms. The topological polar surface area (TPSA) is 12.0 Å². The second-order valence-corrected chi connectivity index (χ2v) is 6.52. The zero-order chi connectivity index (χ0) is 13.8. The highest BCUT2D eigenvalue weighted by Gasteiger charge is 2.18. The quantitative estimate of drug-likeness (QED) is 0.788. The summed E-state index contributed by atoms with van der Waals surface area (Å²) in [5.74, 6) is 0. The van der Waals surface area contributed by atoms with E-state index in [0.29, 0.717) is 0 Å². The largest absolute Gasteiger partial charge is 0.306 e. The van der Waals surface area contributed by atoms with Crippen LogP contribution in [0.3, 0.4) is 0 Å². The van der Waals surface area contributed by atoms with Crippen molar-refractivity contribution in [2.24, 2.45) is 0 Å². The van der Waals surface area contributed by atoms with Crippen LogP contribution in [0.25, 0.3) is 0 Å². The van der Waals surface area contributed by atoms with Crippen LogP contribution in [0.1, 0.15) is 41.6 Å². The summed E-state index contributed by atoms with van der Waals surface area (Å²) in [7, 11) is 0. The smallest absolute Gasteiger partial charge is 0.0598 e. The first-order valence-corrected chi connectivity index (χ1v) is 8.39. The van der Waals surface area contributed by atoms with Gasteiger partial charge in [-0.05, 0) is 64.8 Å². The van der Waals surface area contributed by atoms with Crippen molar-refractivity contribution >= 4 is 27.3 Å². The van der Waals surface area contributed by atoms with E-state index >= 15 is 0 Å². The number of rotatable bonds is 5. The van der Waals surface area contributed by atoms with Gasteiger partial charge in [0.1, 0.15) is 0 Å². The maximum absolute atomic E-state index is 3.67. The van der Waals surface area contributed by atoms with Crippen molar-refractivity contribution in [2.45, 2.75) is 33.2 Å². The maximum atomic E-state index is 3.67. The molecule has 3 heteroatoms. The predicted octanol–water partition coefficient (Wildman–Crippen LogP) is 5.22. The highest BCUT2D eigenvalue weighted by atomic mass is 79.9. The first kappa shape index (κ1) is 14.8. The summed E-state index contributed by atoms with van der Waals surface area (Å²) < 4.78 is 1.20. The van der Waals surface area contributed by atoms with Crippen molar-refractivity contribution in [3.63, 3.8) is 0 Å². The van der Waals surface area contributed by atoms with Crippen LogP contribution in [0.15, 0.2) is 33.4 Å². The maximum Gasteiger partial charge on any atom is 0.0598 e. The number of nitrogens with one attached hydrogen (secondary N) is 1. The van der Waals surface area contributed by atoms with Gasteiger partial charge in [-0.2, -0.15) is 11.3 Å². The van der Waals surface area contributed by atoms with E-state index in [1.54, 1.807) is 11.3 Å². The Morgan fingerprint density at radius 2 is 2.00 bits per heavy atom. The van der Waals surface area contributed by atoms with Crippen LogP contribution in [0.5, 0.6) is 0 Å². The Bertz CT molecular complexity index is 547. The third-order valence-corrected chi connectivity index (χ3v) is 5.05. The molecule has 0 saturated heterocycles. The average molecular weight is 338 g/mol. The molecule has 1 aromatic heterocycles. The Labute approximate surface area is 128 Å². The number of aryl methyl sites for hydroxylation is 2. The minimum Gasteiger partial charge on any atom is -0.306 e. The minimum atomic E-state index is 0.278. The molecule has 0 saturated carbocycles. The fraction of sp³-hybridized carbons (Fsp3) is 0.375. The third kappa shape index (κ3) is 3.47. The Kier molecular flexibility index (Phi) is 5.20. The Balaban J connectivity index is 2.42. The molecule has 0 aliphatic heterocycles. The molecule has 1 unspecified atom stereocenters. The Morgan fingerprint density at radius 1 is 1.21 bits per heavy atom. The van der Waals surface area contributed by atoms with Gasteiger partial charge in [-0.1, -0.05) is 30.7 Å². The van der Waals surface area contributed by atoms with E-state index in [4.69, 9.17) is 0 Å². The summed E-state index contributed by atoms with van der Waals surface area (Å²) in [5.41, 5.74) is 5.38. The molecular weight excluding hydrogens is 318 g/mol. The molecule has 2 aromatic rings. The molecule has 19 heavy (non-hydrogen) atoms. The van der Waals surface area contributed by atoms with Crippen LogP contribution in [0, 0.1) is 13.8 Å². The number of halogens is 1. The van der Waals surface area contributed by atoms with Gasteiger partial charge in [0, 0.05) is 9.85 Å². The molecule has 1 nitrogen and oxygen atoms in total. The molecular formula is C16H20BrNS. The van der Waals surface area contributed by atoms with E-state index in [0.717, 1.165) is 13.0 Å². The van der Waals surface area contributed by atoms with Gasteiger partial charge in [-0.15, -0.1) is 0 Å². The lowest BCUT2D eigenvalue weighted by Crippen LogP contribution is -2.24. The van der Waals surface area contributed by atoms with Gasteiger partial charge in [0.2, 0.25) is 0 Å². The molecule has 2 rings (SSSR count). The number of hydrogen-bond acceptors (Lipinski definition) is 2. The Morgan fingerprint density at radius 3 is 2.63 bits per heavy atom. The average Bonchev–Trinajstić information content (AvgIpc) is 2.80. The predicted molar refractivity (Wildman–Crippen MR) is 88.1 cm³/mol. The molecule has 1 atom stereocenters. The third-order valence-electron chi connectivity index (χ3n) is 3.30. The molecule has 1 N–H and O–H groups in total. The van der Waals surface area contributed by atoms with Crippen molar-refractivity contribution in [1.82, 2.24) is 5.32 Å². The van der Waals surface area contributed by atoms with Gasteiger partial charge in [-0.3, -0.25) is 0 Å². The SMILES string of the molecule is CCCNC(c1cc(C)ccc1C)c1cscc1Br. The van der Waals surface area contributed by atoms with Crippen molar-refractivity contribution in [2.75, 3.05) is 6.54 Å². The first-order chi connectivity index (χ1) is 9.13. The number of benzene rings is 1. The first-order valence-electron chi connectivity index (χ1n) is 6.65. The van der Waals surface area contributed by atoms with Crippen LogP contribution < -0.4 is 5.32 Å². The summed E-state index contributed by atoms with van der Waals surface area (Å²) in [4.78, 5) is 0. The zero-order valence-corrected chi connectivity index (χ0v) is 14.1.